The van der Waals surface area contributed by atoms with Crippen molar-refractivity contribution in [3.05, 3.63) is 64.7 Å². The van der Waals surface area contributed by atoms with Crippen molar-refractivity contribution in [1.82, 2.24) is 4.90 Å². The number of Topliss-reactive ketones (excluding diaryl/α,β-unsaturated/α-hetero) is 1. The van der Waals surface area contributed by atoms with Crippen LogP contribution < -0.4 is 9.47 Å². The van der Waals surface area contributed by atoms with E-state index in [9.17, 15) is 9.59 Å². The number of amides is 1. The standard InChI is InChI=1S/C23H24ClNO4/c1-28-20-15-16(14-19(24)23(20)29-2)8-9-21(26)25-12-10-18(11-13-25)22(27)17-6-4-3-5-7-17/h3-9,14-15,18H,10-13H2,1-2H3/b9-8+. The maximum absolute atomic E-state index is 12.6. The molecule has 0 radical (unpaired) electrons. The number of piperidine rings is 1. The topological polar surface area (TPSA) is 55.8 Å². The summed E-state index contributed by atoms with van der Waals surface area (Å²) in [6.45, 7) is 1.14. The first-order chi connectivity index (χ1) is 14.0. The Bertz CT molecular complexity index is 903. The molecule has 0 atom stereocenters. The van der Waals surface area contributed by atoms with Gasteiger partial charge in [-0.15, -0.1) is 0 Å². The molecule has 5 nitrogen and oxygen atoms in total. The number of nitrogens with zero attached hydrogens (tertiary/aromatic N) is 1. The van der Waals surface area contributed by atoms with Gasteiger partial charge in [-0.2, -0.15) is 0 Å². The Morgan fingerprint density at radius 3 is 2.38 bits per heavy atom. The van der Waals surface area contributed by atoms with Crippen LogP contribution in [-0.4, -0.2) is 43.9 Å². The van der Waals surface area contributed by atoms with Crippen LogP contribution in [0.3, 0.4) is 0 Å². The highest BCUT2D eigenvalue weighted by Crippen LogP contribution is 2.36. The van der Waals surface area contributed by atoms with Crippen molar-refractivity contribution in [2.75, 3.05) is 27.3 Å². The fourth-order valence-corrected chi connectivity index (χ4v) is 3.80. The molecule has 1 amide bonds. The lowest BCUT2D eigenvalue weighted by Crippen LogP contribution is -2.39. The monoisotopic (exact) mass is 413 g/mol. The first kappa shape index (κ1) is 20.9. The highest BCUT2D eigenvalue weighted by atomic mass is 35.5. The average Bonchev–Trinajstić information content (AvgIpc) is 2.77. The second kappa shape index (κ2) is 9.61. The van der Waals surface area contributed by atoms with Gasteiger partial charge in [-0.05, 0) is 36.6 Å². The summed E-state index contributed by atoms with van der Waals surface area (Å²) in [6, 6.07) is 12.8. The number of rotatable bonds is 6. The number of carbonyl (C=O) groups is 2. The highest BCUT2D eigenvalue weighted by molar-refractivity contribution is 6.32. The SMILES string of the molecule is COc1cc(/C=C/C(=O)N2CCC(C(=O)c3ccccc3)CC2)cc(Cl)c1OC. The second-order valence-corrected chi connectivity index (χ2v) is 7.31. The van der Waals surface area contributed by atoms with Gasteiger partial charge in [-0.1, -0.05) is 41.9 Å². The van der Waals surface area contributed by atoms with Crippen molar-refractivity contribution in [2.24, 2.45) is 5.92 Å². The minimum atomic E-state index is -0.0819. The van der Waals surface area contributed by atoms with Crippen LogP contribution in [0.4, 0.5) is 0 Å². The minimum absolute atomic E-state index is 0.0323. The molecule has 2 aromatic carbocycles. The number of carbonyl (C=O) groups excluding carboxylic acids is 2. The number of benzene rings is 2. The number of ketones is 1. The van der Waals surface area contributed by atoms with Crippen LogP contribution in [0.25, 0.3) is 6.08 Å². The molecular formula is C23H24ClNO4. The largest absolute Gasteiger partial charge is 0.493 e. The van der Waals surface area contributed by atoms with E-state index in [4.69, 9.17) is 21.1 Å². The van der Waals surface area contributed by atoms with Crippen LogP contribution in [0.2, 0.25) is 5.02 Å². The second-order valence-electron chi connectivity index (χ2n) is 6.90. The molecule has 0 saturated carbocycles. The summed E-state index contributed by atoms with van der Waals surface area (Å²) in [7, 11) is 3.06. The Labute approximate surface area is 175 Å². The smallest absolute Gasteiger partial charge is 0.246 e. The molecule has 6 heteroatoms. The molecule has 0 aliphatic carbocycles. The van der Waals surface area contributed by atoms with Crippen LogP contribution in [0.15, 0.2) is 48.5 Å². The van der Waals surface area contributed by atoms with Crippen molar-refractivity contribution in [1.29, 1.82) is 0 Å². The van der Waals surface area contributed by atoms with Crippen LogP contribution in [0.5, 0.6) is 11.5 Å². The fraction of sp³-hybridized carbons (Fsp3) is 0.304. The summed E-state index contributed by atoms with van der Waals surface area (Å²) < 4.78 is 10.5. The van der Waals surface area contributed by atoms with Gasteiger partial charge in [0.2, 0.25) is 5.91 Å². The zero-order valence-electron chi connectivity index (χ0n) is 16.6. The van der Waals surface area contributed by atoms with E-state index >= 15 is 0 Å². The van der Waals surface area contributed by atoms with E-state index in [1.54, 1.807) is 23.1 Å². The molecule has 1 fully saturated rings. The summed E-state index contributed by atoms with van der Waals surface area (Å²) in [6.07, 6.45) is 4.58. The van der Waals surface area contributed by atoms with E-state index in [-0.39, 0.29) is 17.6 Å². The average molecular weight is 414 g/mol. The number of likely N-dealkylation sites (tertiary alicyclic amines) is 1. The molecule has 1 aliphatic heterocycles. The fourth-order valence-electron chi connectivity index (χ4n) is 3.51. The molecule has 0 unspecified atom stereocenters. The molecular weight excluding hydrogens is 390 g/mol. The van der Waals surface area contributed by atoms with E-state index in [2.05, 4.69) is 0 Å². The van der Waals surface area contributed by atoms with E-state index in [0.29, 0.717) is 42.5 Å². The Kier molecular flexibility index (Phi) is 6.94. The summed E-state index contributed by atoms with van der Waals surface area (Å²) in [5.74, 6) is 1.01. The van der Waals surface area contributed by atoms with Crippen molar-refractivity contribution in [3.8, 4) is 11.5 Å². The number of hydrogen-bond donors (Lipinski definition) is 0. The van der Waals surface area contributed by atoms with Gasteiger partial charge in [0, 0.05) is 30.6 Å². The van der Waals surface area contributed by atoms with Crippen LogP contribution in [0, 0.1) is 5.92 Å². The summed E-state index contributed by atoms with van der Waals surface area (Å²) in [5.41, 5.74) is 1.48. The number of ether oxygens (including phenoxy) is 2. The predicted octanol–water partition coefficient (Wildman–Crippen LogP) is 4.49. The van der Waals surface area contributed by atoms with Gasteiger partial charge in [0.1, 0.15) is 0 Å². The zero-order valence-corrected chi connectivity index (χ0v) is 17.3. The summed E-state index contributed by atoms with van der Waals surface area (Å²) in [5, 5.41) is 0.416. The number of halogens is 1. The van der Waals surface area contributed by atoms with E-state index in [1.807, 2.05) is 30.3 Å². The Morgan fingerprint density at radius 1 is 1.07 bits per heavy atom. The van der Waals surface area contributed by atoms with Gasteiger partial charge in [-0.3, -0.25) is 9.59 Å². The van der Waals surface area contributed by atoms with E-state index < -0.39 is 0 Å². The van der Waals surface area contributed by atoms with Gasteiger partial charge < -0.3 is 14.4 Å². The van der Waals surface area contributed by atoms with Crippen molar-refractivity contribution < 1.29 is 19.1 Å². The third-order valence-corrected chi connectivity index (χ3v) is 5.39. The van der Waals surface area contributed by atoms with Crippen LogP contribution in [0.1, 0.15) is 28.8 Å². The molecule has 0 bridgehead atoms. The molecule has 1 aliphatic rings. The quantitative estimate of drug-likeness (QED) is 0.517. The number of methoxy groups -OCH3 is 2. The molecule has 0 aromatic heterocycles. The molecule has 0 N–H and O–H groups in total. The molecule has 152 valence electrons. The van der Waals surface area contributed by atoms with Gasteiger partial charge in [0.15, 0.2) is 17.3 Å². The first-order valence-electron chi connectivity index (χ1n) is 9.51. The molecule has 2 aromatic rings. The van der Waals surface area contributed by atoms with Gasteiger partial charge in [-0.25, -0.2) is 0 Å². The van der Waals surface area contributed by atoms with Crippen molar-refractivity contribution in [3.63, 3.8) is 0 Å². The Hall–Kier alpha value is -2.79. The predicted molar refractivity (Wildman–Crippen MR) is 114 cm³/mol. The maximum atomic E-state index is 12.6. The first-order valence-corrected chi connectivity index (χ1v) is 9.89. The van der Waals surface area contributed by atoms with E-state index in [1.165, 1.54) is 20.3 Å². The highest BCUT2D eigenvalue weighted by Gasteiger charge is 2.27. The molecule has 0 spiro atoms. The van der Waals surface area contributed by atoms with Gasteiger partial charge in [0.05, 0.1) is 19.2 Å². The Balaban J connectivity index is 1.60. The van der Waals surface area contributed by atoms with Gasteiger partial charge >= 0.3 is 0 Å². The lowest BCUT2D eigenvalue weighted by atomic mass is 9.89. The third kappa shape index (κ3) is 4.98. The lowest BCUT2D eigenvalue weighted by Gasteiger charge is -2.30. The molecule has 29 heavy (non-hydrogen) atoms. The maximum Gasteiger partial charge on any atom is 0.246 e. The molecule has 1 saturated heterocycles. The third-order valence-electron chi connectivity index (χ3n) is 5.11. The lowest BCUT2D eigenvalue weighted by molar-refractivity contribution is -0.127. The molecule has 3 rings (SSSR count). The minimum Gasteiger partial charge on any atom is -0.493 e. The number of hydrogen-bond acceptors (Lipinski definition) is 4. The summed E-state index contributed by atoms with van der Waals surface area (Å²) in [4.78, 5) is 26.9. The van der Waals surface area contributed by atoms with Crippen molar-refractivity contribution in [2.45, 2.75) is 12.8 Å². The summed E-state index contributed by atoms with van der Waals surface area (Å²) >= 11 is 6.21. The van der Waals surface area contributed by atoms with E-state index in [0.717, 1.165) is 11.1 Å². The van der Waals surface area contributed by atoms with Crippen LogP contribution >= 0.6 is 11.6 Å². The van der Waals surface area contributed by atoms with Gasteiger partial charge in [0.25, 0.3) is 0 Å². The normalized spacial score (nSPS) is 14.8. The van der Waals surface area contributed by atoms with Crippen molar-refractivity contribution >= 4 is 29.4 Å². The molecule has 1 heterocycles. The zero-order chi connectivity index (χ0) is 20.8. The van der Waals surface area contributed by atoms with Crippen LogP contribution in [-0.2, 0) is 4.79 Å². The Morgan fingerprint density at radius 2 is 1.76 bits per heavy atom.